The van der Waals surface area contributed by atoms with Crippen molar-refractivity contribution < 1.29 is 12.8 Å². The third-order valence-corrected chi connectivity index (χ3v) is 4.87. The topological polar surface area (TPSA) is 83.1 Å². The van der Waals surface area contributed by atoms with Crippen molar-refractivity contribution in [2.45, 2.75) is 17.9 Å². The van der Waals surface area contributed by atoms with Crippen LogP contribution in [0.25, 0.3) is 0 Å². The van der Waals surface area contributed by atoms with Gasteiger partial charge in [0.25, 0.3) is 0 Å². The van der Waals surface area contributed by atoms with Crippen LogP contribution < -0.4 is 5.32 Å². The maximum Gasteiger partial charge on any atom is 0.179 e. The van der Waals surface area contributed by atoms with E-state index in [9.17, 15) is 8.42 Å². The van der Waals surface area contributed by atoms with E-state index >= 15 is 0 Å². The first-order chi connectivity index (χ1) is 10.0. The number of sulfone groups is 1. The van der Waals surface area contributed by atoms with Crippen molar-refractivity contribution >= 4 is 9.84 Å². The summed E-state index contributed by atoms with van der Waals surface area (Å²) in [6.07, 6.45) is 1.58. The largest absolute Gasteiger partial charge is 0.468 e. The quantitative estimate of drug-likeness (QED) is 0.885. The van der Waals surface area contributed by atoms with Crippen LogP contribution in [0.1, 0.15) is 24.3 Å². The normalized spacial score (nSPS) is 12.8. The molecule has 6 heteroatoms. The molecule has 0 aliphatic carbocycles. The minimum atomic E-state index is -3.35. The van der Waals surface area contributed by atoms with Gasteiger partial charge in [-0.2, -0.15) is 5.26 Å². The van der Waals surface area contributed by atoms with E-state index < -0.39 is 9.84 Å². The Morgan fingerprint density at radius 3 is 2.57 bits per heavy atom. The summed E-state index contributed by atoms with van der Waals surface area (Å²) >= 11 is 0. The van der Waals surface area contributed by atoms with Gasteiger partial charge in [0.1, 0.15) is 5.76 Å². The van der Waals surface area contributed by atoms with Crippen LogP contribution in [-0.4, -0.2) is 20.7 Å². The monoisotopic (exact) mass is 304 g/mol. The molecule has 0 saturated heterocycles. The number of hydrogen-bond acceptors (Lipinski definition) is 5. The smallest absolute Gasteiger partial charge is 0.179 e. The van der Waals surface area contributed by atoms with E-state index in [0.717, 1.165) is 5.76 Å². The fraction of sp³-hybridized carbons (Fsp3) is 0.267. The van der Waals surface area contributed by atoms with Crippen LogP contribution in [-0.2, 0) is 9.84 Å². The molecule has 110 valence electrons. The lowest BCUT2D eigenvalue weighted by Gasteiger charge is -2.11. The number of nitriles is 1. The Morgan fingerprint density at radius 2 is 2.00 bits per heavy atom. The molecule has 1 aromatic carbocycles. The molecule has 5 nitrogen and oxygen atoms in total. The van der Waals surface area contributed by atoms with Crippen LogP contribution in [0.2, 0.25) is 0 Å². The molecule has 0 aliphatic rings. The highest BCUT2D eigenvalue weighted by Crippen LogP contribution is 2.14. The van der Waals surface area contributed by atoms with Crippen molar-refractivity contribution in [1.82, 2.24) is 5.32 Å². The Kier molecular flexibility index (Phi) is 4.78. The Hall–Kier alpha value is -2.10. The fourth-order valence-electron chi connectivity index (χ4n) is 1.90. The number of nitrogens with zero attached hydrogens (tertiary/aromatic N) is 1. The van der Waals surface area contributed by atoms with Gasteiger partial charge in [0, 0.05) is 6.54 Å². The average molecular weight is 304 g/mol. The molecule has 1 atom stereocenters. The van der Waals surface area contributed by atoms with Crippen LogP contribution in [0.15, 0.2) is 52.0 Å². The van der Waals surface area contributed by atoms with Crippen LogP contribution in [0, 0.1) is 11.3 Å². The predicted octanol–water partition coefficient (Wildman–Crippen LogP) is 2.28. The number of rotatable bonds is 6. The van der Waals surface area contributed by atoms with Gasteiger partial charge in [-0.1, -0.05) is 0 Å². The minimum absolute atomic E-state index is 0.00997. The molecule has 0 saturated carbocycles. The maximum atomic E-state index is 12.2. The Morgan fingerprint density at radius 1 is 1.29 bits per heavy atom. The lowest BCUT2D eigenvalue weighted by atomic mass is 10.2. The fourth-order valence-corrected chi connectivity index (χ4v) is 3.08. The molecule has 2 aromatic rings. The van der Waals surface area contributed by atoms with Crippen molar-refractivity contribution in [3.8, 4) is 6.07 Å². The molecule has 0 radical (unpaired) electrons. The molecular weight excluding hydrogens is 288 g/mol. The Bertz CT molecular complexity index is 713. The zero-order chi connectivity index (χ0) is 15.3. The number of benzene rings is 1. The van der Waals surface area contributed by atoms with Gasteiger partial charge in [0.15, 0.2) is 9.84 Å². The molecule has 21 heavy (non-hydrogen) atoms. The number of hydrogen-bond donors (Lipinski definition) is 1. The molecule has 0 unspecified atom stereocenters. The van der Waals surface area contributed by atoms with Gasteiger partial charge in [-0.3, -0.25) is 0 Å². The minimum Gasteiger partial charge on any atom is -0.468 e. The predicted molar refractivity (Wildman–Crippen MR) is 78.3 cm³/mol. The van der Waals surface area contributed by atoms with E-state index in [1.807, 2.05) is 19.1 Å². The maximum absolute atomic E-state index is 12.2. The lowest BCUT2D eigenvalue weighted by Crippen LogP contribution is -2.25. The highest BCUT2D eigenvalue weighted by molar-refractivity contribution is 7.91. The highest BCUT2D eigenvalue weighted by Gasteiger charge is 2.15. The first-order valence-corrected chi connectivity index (χ1v) is 8.18. The first kappa shape index (κ1) is 15.3. The van der Waals surface area contributed by atoms with E-state index in [2.05, 4.69) is 5.32 Å². The van der Waals surface area contributed by atoms with E-state index in [0.29, 0.717) is 12.1 Å². The van der Waals surface area contributed by atoms with Crippen LogP contribution >= 0.6 is 0 Å². The van der Waals surface area contributed by atoms with Crippen molar-refractivity contribution in [3.63, 3.8) is 0 Å². The zero-order valence-corrected chi connectivity index (χ0v) is 12.4. The molecule has 0 amide bonds. The van der Waals surface area contributed by atoms with Crippen LogP contribution in [0.4, 0.5) is 0 Å². The van der Waals surface area contributed by atoms with Crippen LogP contribution in [0.5, 0.6) is 0 Å². The summed E-state index contributed by atoms with van der Waals surface area (Å²) in [5.41, 5.74) is 0.443. The summed E-state index contributed by atoms with van der Waals surface area (Å²) in [5.74, 6) is 0.759. The summed E-state index contributed by atoms with van der Waals surface area (Å²) < 4.78 is 29.6. The number of nitrogens with one attached hydrogen (secondary N) is 1. The van der Waals surface area contributed by atoms with Gasteiger partial charge in [-0.05, 0) is 43.3 Å². The van der Waals surface area contributed by atoms with Gasteiger partial charge in [-0.15, -0.1) is 0 Å². The van der Waals surface area contributed by atoms with Gasteiger partial charge in [-0.25, -0.2) is 8.42 Å². The van der Waals surface area contributed by atoms with Gasteiger partial charge in [0.05, 0.1) is 34.6 Å². The standard InChI is InChI=1S/C15H16N2O3S/c1-12(15-3-2-9-20-15)17-8-10-21(18,19)14-6-4-13(11-16)5-7-14/h2-7,9,12,17H,8,10H2,1H3/t12-/m0/s1. The molecule has 0 fully saturated rings. The van der Waals surface area contributed by atoms with Gasteiger partial charge >= 0.3 is 0 Å². The van der Waals surface area contributed by atoms with Gasteiger partial charge in [0.2, 0.25) is 0 Å². The van der Waals surface area contributed by atoms with Crippen molar-refractivity contribution in [1.29, 1.82) is 5.26 Å². The highest BCUT2D eigenvalue weighted by atomic mass is 32.2. The average Bonchev–Trinajstić information content (AvgIpc) is 3.01. The molecular formula is C15H16N2O3S. The Labute approximate surface area is 124 Å². The third kappa shape index (κ3) is 3.94. The third-order valence-electron chi connectivity index (χ3n) is 3.13. The Balaban J connectivity index is 1.93. The summed E-state index contributed by atoms with van der Waals surface area (Å²) in [4.78, 5) is 0.231. The SMILES string of the molecule is C[C@H](NCCS(=O)(=O)c1ccc(C#N)cc1)c1ccco1. The molecule has 0 aliphatic heterocycles. The summed E-state index contributed by atoms with van der Waals surface area (Å²) in [6.45, 7) is 2.23. The molecule has 1 N–H and O–H groups in total. The molecule has 2 rings (SSSR count). The molecule has 1 aromatic heterocycles. The molecule has 1 heterocycles. The van der Waals surface area contributed by atoms with Crippen molar-refractivity contribution in [2.24, 2.45) is 0 Å². The van der Waals surface area contributed by atoms with E-state index in [-0.39, 0.29) is 16.7 Å². The second-order valence-corrected chi connectivity index (χ2v) is 6.76. The zero-order valence-electron chi connectivity index (χ0n) is 11.6. The second-order valence-electron chi connectivity index (χ2n) is 4.65. The van der Waals surface area contributed by atoms with Crippen molar-refractivity contribution in [3.05, 3.63) is 54.0 Å². The van der Waals surface area contributed by atoms with E-state index in [4.69, 9.17) is 9.68 Å². The summed E-state index contributed by atoms with van der Waals surface area (Å²) in [6, 6.07) is 11.5. The first-order valence-electron chi connectivity index (χ1n) is 6.52. The second kappa shape index (κ2) is 6.57. The van der Waals surface area contributed by atoms with Gasteiger partial charge < -0.3 is 9.73 Å². The molecule has 0 spiro atoms. The summed E-state index contributed by atoms with van der Waals surface area (Å²) in [7, 11) is -3.35. The van der Waals surface area contributed by atoms with Crippen LogP contribution in [0.3, 0.4) is 0 Å². The van der Waals surface area contributed by atoms with Crippen molar-refractivity contribution in [2.75, 3.05) is 12.3 Å². The molecule has 0 bridgehead atoms. The number of furan rings is 1. The lowest BCUT2D eigenvalue weighted by molar-refractivity contribution is 0.437. The summed E-state index contributed by atoms with van der Waals surface area (Å²) in [5, 5.41) is 11.8. The van der Waals surface area contributed by atoms with E-state index in [1.54, 1.807) is 12.3 Å². The van der Waals surface area contributed by atoms with E-state index in [1.165, 1.54) is 24.3 Å².